The van der Waals surface area contributed by atoms with Crippen LogP contribution < -0.4 is 10.1 Å². The van der Waals surface area contributed by atoms with E-state index in [0.29, 0.717) is 17.4 Å². The van der Waals surface area contributed by atoms with Crippen LogP contribution in [0.2, 0.25) is 0 Å². The number of amides is 1. The van der Waals surface area contributed by atoms with Gasteiger partial charge in [-0.05, 0) is 24.3 Å². The molecule has 1 N–H and O–H groups in total. The van der Waals surface area contributed by atoms with Crippen LogP contribution in [0.15, 0.2) is 60.0 Å². The number of carbonyl (C=O) groups is 1. The zero-order chi connectivity index (χ0) is 17.6. The first-order valence-corrected chi connectivity index (χ1v) is 9.05. The molecule has 128 valence electrons. The summed E-state index contributed by atoms with van der Waals surface area (Å²) in [7, 11) is 0. The van der Waals surface area contributed by atoms with Crippen molar-refractivity contribution in [2.45, 2.75) is 26.2 Å². The second kappa shape index (κ2) is 7.94. The van der Waals surface area contributed by atoms with Crippen molar-refractivity contribution in [2.75, 3.05) is 5.32 Å². The molecule has 0 unspecified atom stereocenters. The second-order valence-electron chi connectivity index (χ2n) is 6.00. The Bertz CT molecular complexity index is 844. The summed E-state index contributed by atoms with van der Waals surface area (Å²) in [6.07, 6.45) is 0.271. The summed E-state index contributed by atoms with van der Waals surface area (Å²) in [6.45, 7) is 4.20. The Morgan fingerprint density at radius 2 is 1.88 bits per heavy atom. The van der Waals surface area contributed by atoms with Crippen LogP contribution >= 0.6 is 11.3 Å². The van der Waals surface area contributed by atoms with Crippen molar-refractivity contribution < 1.29 is 9.53 Å². The van der Waals surface area contributed by atoms with Crippen molar-refractivity contribution in [1.29, 1.82) is 0 Å². The van der Waals surface area contributed by atoms with Gasteiger partial charge in [0, 0.05) is 23.1 Å². The minimum absolute atomic E-state index is 0.0857. The molecular weight excluding hydrogens is 332 g/mol. The van der Waals surface area contributed by atoms with E-state index in [0.717, 1.165) is 16.5 Å². The van der Waals surface area contributed by atoms with Gasteiger partial charge in [0.25, 0.3) is 0 Å². The number of para-hydroxylation sites is 1. The van der Waals surface area contributed by atoms with Crippen LogP contribution in [-0.2, 0) is 11.2 Å². The van der Waals surface area contributed by atoms with Gasteiger partial charge in [0.1, 0.15) is 11.5 Å². The van der Waals surface area contributed by atoms with E-state index in [-0.39, 0.29) is 12.3 Å². The smallest absolute Gasteiger partial charge is 0.230 e. The minimum Gasteiger partial charge on any atom is -0.457 e. The van der Waals surface area contributed by atoms with Crippen LogP contribution in [-0.4, -0.2) is 10.9 Å². The third-order valence-corrected chi connectivity index (χ3v) is 4.70. The van der Waals surface area contributed by atoms with Gasteiger partial charge in [-0.1, -0.05) is 38.1 Å². The maximum atomic E-state index is 12.2. The number of carbonyl (C=O) groups excluding carboxylic acids is 1. The molecular formula is C20H20N2O2S. The molecule has 0 radical (unpaired) electrons. The highest BCUT2D eigenvalue weighted by molar-refractivity contribution is 7.09. The zero-order valence-electron chi connectivity index (χ0n) is 14.2. The summed E-state index contributed by atoms with van der Waals surface area (Å²) < 4.78 is 5.79. The van der Waals surface area contributed by atoms with Gasteiger partial charge in [-0.3, -0.25) is 4.79 Å². The molecule has 0 saturated heterocycles. The largest absolute Gasteiger partial charge is 0.457 e. The Labute approximate surface area is 151 Å². The normalized spacial score (nSPS) is 10.7. The van der Waals surface area contributed by atoms with E-state index >= 15 is 0 Å². The van der Waals surface area contributed by atoms with Crippen LogP contribution in [0.1, 0.15) is 30.5 Å². The number of anilines is 1. The molecule has 3 aromatic rings. The Morgan fingerprint density at radius 3 is 2.60 bits per heavy atom. The number of aromatic nitrogens is 1. The topological polar surface area (TPSA) is 51.2 Å². The van der Waals surface area contributed by atoms with Crippen LogP contribution in [0.4, 0.5) is 5.69 Å². The van der Waals surface area contributed by atoms with E-state index in [4.69, 9.17) is 4.74 Å². The molecule has 1 aromatic heterocycles. The minimum atomic E-state index is -0.0857. The van der Waals surface area contributed by atoms with Gasteiger partial charge in [0.15, 0.2) is 0 Å². The van der Waals surface area contributed by atoms with Gasteiger partial charge in [0.05, 0.1) is 17.1 Å². The lowest BCUT2D eigenvalue weighted by Crippen LogP contribution is -2.14. The lowest BCUT2D eigenvalue weighted by atomic mass is 10.2. The third-order valence-electron chi connectivity index (χ3n) is 3.50. The molecule has 1 heterocycles. The molecule has 5 heteroatoms. The fourth-order valence-electron chi connectivity index (χ4n) is 2.30. The number of benzene rings is 2. The highest BCUT2D eigenvalue weighted by Gasteiger charge is 2.10. The molecule has 0 aliphatic rings. The summed E-state index contributed by atoms with van der Waals surface area (Å²) in [4.78, 5) is 16.7. The maximum Gasteiger partial charge on any atom is 0.230 e. The van der Waals surface area contributed by atoms with E-state index in [2.05, 4.69) is 24.1 Å². The summed E-state index contributed by atoms with van der Waals surface area (Å²) in [5.74, 6) is 1.74. The number of hydrogen-bond acceptors (Lipinski definition) is 4. The summed E-state index contributed by atoms with van der Waals surface area (Å²) >= 11 is 1.60. The predicted octanol–water partition coefficient (Wildman–Crippen LogP) is 5.24. The van der Waals surface area contributed by atoms with Crippen molar-refractivity contribution in [1.82, 2.24) is 4.98 Å². The highest BCUT2D eigenvalue weighted by atomic mass is 32.1. The van der Waals surface area contributed by atoms with E-state index in [1.807, 2.05) is 60.0 Å². The third kappa shape index (κ3) is 4.90. The van der Waals surface area contributed by atoms with Crippen LogP contribution in [0.3, 0.4) is 0 Å². The average Bonchev–Trinajstić information content (AvgIpc) is 3.05. The molecule has 0 bridgehead atoms. The van der Waals surface area contributed by atoms with Crippen LogP contribution in [0, 0.1) is 0 Å². The van der Waals surface area contributed by atoms with Gasteiger partial charge in [-0.25, -0.2) is 4.98 Å². The number of thiazole rings is 1. The molecule has 0 fully saturated rings. The first-order chi connectivity index (χ1) is 12.1. The number of hydrogen-bond donors (Lipinski definition) is 1. The first kappa shape index (κ1) is 17.2. The van der Waals surface area contributed by atoms with Crippen molar-refractivity contribution in [3.63, 3.8) is 0 Å². The van der Waals surface area contributed by atoms with Crippen LogP contribution in [0.25, 0.3) is 0 Å². The second-order valence-corrected chi connectivity index (χ2v) is 6.89. The Morgan fingerprint density at radius 1 is 1.12 bits per heavy atom. The van der Waals surface area contributed by atoms with Crippen molar-refractivity contribution in [2.24, 2.45) is 0 Å². The lowest BCUT2D eigenvalue weighted by Gasteiger charge is -2.08. The predicted molar refractivity (Wildman–Crippen MR) is 101 cm³/mol. The molecule has 25 heavy (non-hydrogen) atoms. The monoisotopic (exact) mass is 352 g/mol. The molecule has 2 aromatic carbocycles. The fraction of sp³-hybridized carbons (Fsp3) is 0.200. The number of nitrogens with one attached hydrogen (secondary N) is 1. The lowest BCUT2D eigenvalue weighted by molar-refractivity contribution is -0.115. The summed E-state index contributed by atoms with van der Waals surface area (Å²) in [5.41, 5.74) is 1.51. The molecule has 0 saturated carbocycles. The van der Waals surface area contributed by atoms with Gasteiger partial charge in [-0.15, -0.1) is 11.3 Å². The molecule has 3 rings (SSSR count). The van der Waals surface area contributed by atoms with Gasteiger partial charge >= 0.3 is 0 Å². The zero-order valence-corrected chi connectivity index (χ0v) is 15.0. The summed E-state index contributed by atoms with van der Waals surface area (Å²) in [5, 5.41) is 5.91. The first-order valence-electron chi connectivity index (χ1n) is 8.17. The standard InChI is InChI=1S/C20H20N2O2S/c1-14(2)20-22-16(13-25-20)12-19(23)21-15-7-6-10-18(11-15)24-17-8-4-3-5-9-17/h3-11,13-14H,12H2,1-2H3,(H,21,23). The Kier molecular flexibility index (Phi) is 5.46. The van der Waals surface area contributed by atoms with Crippen LogP contribution in [0.5, 0.6) is 11.5 Å². The van der Waals surface area contributed by atoms with Gasteiger partial charge in [-0.2, -0.15) is 0 Å². The van der Waals surface area contributed by atoms with E-state index in [1.165, 1.54) is 0 Å². The van der Waals surface area contributed by atoms with Crippen molar-refractivity contribution in [3.05, 3.63) is 70.7 Å². The van der Waals surface area contributed by atoms with E-state index in [9.17, 15) is 4.79 Å². The quantitative estimate of drug-likeness (QED) is 0.660. The SMILES string of the molecule is CC(C)c1nc(CC(=O)Nc2cccc(Oc3ccccc3)c2)cs1. The van der Waals surface area contributed by atoms with Gasteiger partial charge < -0.3 is 10.1 Å². The maximum absolute atomic E-state index is 12.2. The highest BCUT2D eigenvalue weighted by Crippen LogP contribution is 2.24. The molecule has 4 nitrogen and oxygen atoms in total. The Hall–Kier alpha value is -2.66. The molecule has 0 aliphatic carbocycles. The van der Waals surface area contributed by atoms with Crippen molar-refractivity contribution in [3.8, 4) is 11.5 Å². The number of nitrogens with zero attached hydrogens (tertiary/aromatic N) is 1. The molecule has 0 spiro atoms. The fourth-order valence-corrected chi connectivity index (χ4v) is 3.14. The van der Waals surface area contributed by atoms with E-state index in [1.54, 1.807) is 11.3 Å². The summed E-state index contributed by atoms with van der Waals surface area (Å²) in [6, 6.07) is 16.9. The molecule has 1 amide bonds. The number of ether oxygens (including phenoxy) is 1. The van der Waals surface area contributed by atoms with Crippen molar-refractivity contribution >= 4 is 22.9 Å². The molecule has 0 atom stereocenters. The number of rotatable bonds is 6. The molecule has 0 aliphatic heterocycles. The van der Waals surface area contributed by atoms with E-state index < -0.39 is 0 Å². The Balaban J connectivity index is 1.62. The average molecular weight is 352 g/mol. The van der Waals surface area contributed by atoms with Gasteiger partial charge in [0.2, 0.25) is 5.91 Å².